The molecular weight excluding hydrogens is 230 g/mol. The third kappa shape index (κ3) is 7.30. The lowest BCUT2D eigenvalue weighted by Gasteiger charge is -2.15. The normalized spacial score (nSPS) is 12.4. The van der Waals surface area contributed by atoms with Crippen molar-refractivity contribution in [2.24, 2.45) is 11.8 Å². The molecule has 18 heavy (non-hydrogen) atoms. The van der Waals surface area contributed by atoms with Crippen molar-refractivity contribution in [2.75, 3.05) is 6.54 Å². The standard InChI is InChI=1S/C14H27NO3/c1-4-7-12(8-5-2)13(16)15-10-6-9-11(3)14(17)18/h11-12H,4-10H2,1-3H3,(H,15,16)(H,17,18). The van der Waals surface area contributed by atoms with Crippen LogP contribution in [0.1, 0.15) is 59.3 Å². The molecule has 0 aliphatic carbocycles. The molecule has 0 spiro atoms. The van der Waals surface area contributed by atoms with Crippen molar-refractivity contribution < 1.29 is 14.7 Å². The Morgan fingerprint density at radius 2 is 1.67 bits per heavy atom. The Balaban J connectivity index is 3.83. The third-order valence-electron chi connectivity index (χ3n) is 3.18. The van der Waals surface area contributed by atoms with Gasteiger partial charge in [0.2, 0.25) is 5.91 Å². The van der Waals surface area contributed by atoms with Gasteiger partial charge < -0.3 is 10.4 Å². The molecule has 2 N–H and O–H groups in total. The molecule has 1 atom stereocenters. The van der Waals surface area contributed by atoms with E-state index in [4.69, 9.17) is 5.11 Å². The van der Waals surface area contributed by atoms with E-state index in [1.807, 2.05) is 0 Å². The van der Waals surface area contributed by atoms with Gasteiger partial charge in [0.1, 0.15) is 0 Å². The highest BCUT2D eigenvalue weighted by Crippen LogP contribution is 2.13. The largest absolute Gasteiger partial charge is 0.481 e. The number of carboxylic acids is 1. The second kappa shape index (κ2) is 9.92. The molecule has 0 heterocycles. The van der Waals surface area contributed by atoms with E-state index in [-0.39, 0.29) is 17.7 Å². The molecular formula is C14H27NO3. The molecule has 0 aromatic carbocycles. The van der Waals surface area contributed by atoms with Gasteiger partial charge in [-0.1, -0.05) is 33.6 Å². The molecule has 106 valence electrons. The average Bonchev–Trinajstić information content (AvgIpc) is 2.33. The van der Waals surface area contributed by atoms with Crippen LogP contribution >= 0.6 is 0 Å². The zero-order valence-corrected chi connectivity index (χ0v) is 11.9. The van der Waals surface area contributed by atoms with Gasteiger partial charge in [0.15, 0.2) is 0 Å². The highest BCUT2D eigenvalue weighted by molar-refractivity contribution is 5.78. The van der Waals surface area contributed by atoms with Crippen LogP contribution in [0, 0.1) is 11.8 Å². The van der Waals surface area contributed by atoms with Gasteiger partial charge in [0.05, 0.1) is 5.92 Å². The molecule has 0 radical (unpaired) electrons. The number of nitrogens with one attached hydrogen (secondary N) is 1. The highest BCUT2D eigenvalue weighted by Gasteiger charge is 2.16. The number of carbonyl (C=O) groups is 2. The summed E-state index contributed by atoms with van der Waals surface area (Å²) >= 11 is 0. The van der Waals surface area contributed by atoms with Crippen molar-refractivity contribution in [2.45, 2.75) is 59.3 Å². The molecule has 4 heteroatoms. The molecule has 0 aromatic rings. The van der Waals surface area contributed by atoms with Crippen LogP contribution in [0.15, 0.2) is 0 Å². The first-order chi connectivity index (χ1) is 8.52. The van der Waals surface area contributed by atoms with Crippen LogP contribution in [0.3, 0.4) is 0 Å². The first-order valence-corrected chi connectivity index (χ1v) is 7.03. The van der Waals surface area contributed by atoms with Gasteiger partial charge in [-0.3, -0.25) is 9.59 Å². The van der Waals surface area contributed by atoms with Crippen LogP contribution in [-0.4, -0.2) is 23.5 Å². The highest BCUT2D eigenvalue weighted by atomic mass is 16.4. The molecule has 0 aromatic heterocycles. The van der Waals surface area contributed by atoms with E-state index >= 15 is 0 Å². The van der Waals surface area contributed by atoms with Crippen molar-refractivity contribution >= 4 is 11.9 Å². The molecule has 0 fully saturated rings. The summed E-state index contributed by atoms with van der Waals surface area (Å²) in [5.74, 6) is -0.848. The van der Waals surface area contributed by atoms with Crippen LogP contribution in [0.25, 0.3) is 0 Å². The van der Waals surface area contributed by atoms with Gasteiger partial charge in [-0.15, -0.1) is 0 Å². The lowest BCUT2D eigenvalue weighted by Crippen LogP contribution is -2.31. The van der Waals surface area contributed by atoms with E-state index in [0.717, 1.165) is 32.1 Å². The van der Waals surface area contributed by atoms with E-state index in [0.29, 0.717) is 13.0 Å². The summed E-state index contributed by atoms with van der Waals surface area (Å²) < 4.78 is 0. The Hall–Kier alpha value is -1.06. The van der Waals surface area contributed by atoms with Crippen molar-refractivity contribution in [3.63, 3.8) is 0 Å². The Bertz CT molecular complexity index is 247. The quantitative estimate of drug-likeness (QED) is 0.591. The van der Waals surface area contributed by atoms with Gasteiger partial charge in [0.25, 0.3) is 0 Å². The molecule has 0 rings (SSSR count). The van der Waals surface area contributed by atoms with Crippen molar-refractivity contribution in [1.82, 2.24) is 5.32 Å². The van der Waals surface area contributed by atoms with Crippen molar-refractivity contribution in [3.05, 3.63) is 0 Å². The van der Waals surface area contributed by atoms with E-state index in [9.17, 15) is 9.59 Å². The fourth-order valence-corrected chi connectivity index (χ4v) is 1.99. The second-order valence-corrected chi connectivity index (χ2v) is 4.95. The van der Waals surface area contributed by atoms with Gasteiger partial charge in [-0.2, -0.15) is 0 Å². The van der Waals surface area contributed by atoms with Gasteiger partial charge in [0, 0.05) is 12.5 Å². The molecule has 0 aliphatic heterocycles. The summed E-state index contributed by atoms with van der Waals surface area (Å²) in [4.78, 5) is 22.5. The zero-order valence-electron chi connectivity index (χ0n) is 11.9. The number of rotatable bonds is 10. The first kappa shape index (κ1) is 16.9. The molecule has 0 saturated carbocycles. The van der Waals surface area contributed by atoms with Crippen LogP contribution < -0.4 is 5.32 Å². The minimum absolute atomic E-state index is 0.122. The van der Waals surface area contributed by atoms with Gasteiger partial charge >= 0.3 is 5.97 Å². The monoisotopic (exact) mass is 257 g/mol. The number of hydrogen-bond donors (Lipinski definition) is 2. The molecule has 0 saturated heterocycles. The maximum Gasteiger partial charge on any atom is 0.306 e. The van der Waals surface area contributed by atoms with Crippen LogP contribution in [0.4, 0.5) is 0 Å². The minimum atomic E-state index is -0.767. The lowest BCUT2D eigenvalue weighted by atomic mass is 9.97. The summed E-state index contributed by atoms with van der Waals surface area (Å²) in [6, 6.07) is 0. The molecule has 4 nitrogen and oxygen atoms in total. The minimum Gasteiger partial charge on any atom is -0.481 e. The molecule has 0 aliphatic rings. The zero-order chi connectivity index (χ0) is 14.0. The van der Waals surface area contributed by atoms with Gasteiger partial charge in [-0.25, -0.2) is 0 Å². The first-order valence-electron chi connectivity index (χ1n) is 7.03. The smallest absolute Gasteiger partial charge is 0.306 e. The van der Waals surface area contributed by atoms with Crippen molar-refractivity contribution in [3.8, 4) is 0 Å². The number of carbonyl (C=O) groups excluding carboxylic acids is 1. The van der Waals surface area contributed by atoms with E-state index in [1.54, 1.807) is 6.92 Å². The average molecular weight is 257 g/mol. The summed E-state index contributed by atoms with van der Waals surface area (Å²) in [6.07, 6.45) is 5.25. The van der Waals surface area contributed by atoms with E-state index < -0.39 is 5.97 Å². The number of amides is 1. The maximum atomic E-state index is 11.9. The summed E-state index contributed by atoms with van der Waals surface area (Å²) in [5.41, 5.74) is 0. The SMILES string of the molecule is CCCC(CCC)C(=O)NCCCC(C)C(=O)O. The maximum absolute atomic E-state index is 11.9. The number of hydrogen-bond acceptors (Lipinski definition) is 2. The lowest BCUT2D eigenvalue weighted by molar-refractivity contribution is -0.141. The summed E-state index contributed by atoms with van der Waals surface area (Å²) in [5, 5.41) is 11.6. The Kier molecular flexibility index (Phi) is 9.33. The van der Waals surface area contributed by atoms with E-state index in [1.165, 1.54) is 0 Å². The van der Waals surface area contributed by atoms with Crippen molar-refractivity contribution in [1.29, 1.82) is 0 Å². The Morgan fingerprint density at radius 3 is 2.11 bits per heavy atom. The second-order valence-electron chi connectivity index (χ2n) is 4.95. The van der Waals surface area contributed by atoms with E-state index in [2.05, 4.69) is 19.2 Å². The Labute approximate surface area is 110 Å². The third-order valence-corrected chi connectivity index (χ3v) is 3.18. The van der Waals surface area contributed by atoms with Crippen LogP contribution in [-0.2, 0) is 9.59 Å². The predicted octanol–water partition coefficient (Wildman–Crippen LogP) is 2.82. The topological polar surface area (TPSA) is 66.4 Å². The number of carboxylic acid groups (broad SMARTS) is 1. The predicted molar refractivity (Wildman–Crippen MR) is 72.3 cm³/mol. The molecule has 0 bridgehead atoms. The fraction of sp³-hybridized carbons (Fsp3) is 0.857. The van der Waals surface area contributed by atoms with Gasteiger partial charge in [-0.05, 0) is 25.7 Å². The molecule has 1 amide bonds. The number of aliphatic carboxylic acids is 1. The van der Waals surface area contributed by atoms with Crippen LogP contribution in [0.5, 0.6) is 0 Å². The fourth-order valence-electron chi connectivity index (χ4n) is 1.99. The Morgan fingerprint density at radius 1 is 1.11 bits per heavy atom. The molecule has 1 unspecified atom stereocenters. The summed E-state index contributed by atoms with van der Waals surface area (Å²) in [6.45, 7) is 6.45. The van der Waals surface area contributed by atoms with Crippen LogP contribution in [0.2, 0.25) is 0 Å². The summed E-state index contributed by atoms with van der Waals surface area (Å²) in [7, 11) is 0.